The monoisotopic (exact) mass is 417 g/mol. The predicted octanol–water partition coefficient (Wildman–Crippen LogP) is 4.69. The number of carbonyl (C=O) groups excluding carboxylic acids is 1. The van der Waals surface area contributed by atoms with E-state index in [1.807, 2.05) is 75.5 Å². The fraction of sp³-hybridized carbons (Fsp3) is 0.320. The molecule has 160 valence electrons. The molecule has 3 rings (SSSR count). The van der Waals surface area contributed by atoms with E-state index in [1.165, 1.54) is 0 Å². The molecule has 2 atom stereocenters. The molecular weight excluding hydrogens is 390 g/mol. The number of hydrogen-bond acceptors (Lipinski definition) is 6. The number of esters is 1. The molecule has 6 nitrogen and oxygen atoms in total. The highest BCUT2D eigenvalue weighted by Gasteiger charge is 2.20. The molecule has 1 aliphatic rings. The Labute approximate surface area is 183 Å². The second-order valence-corrected chi connectivity index (χ2v) is 8.35. The molecule has 2 aromatic rings. The number of rotatable bonds is 6. The molecular formula is C25H27N3O3. The number of aliphatic hydroxyl groups is 1. The van der Waals surface area contributed by atoms with Crippen LogP contribution in [-0.2, 0) is 9.53 Å². The maximum absolute atomic E-state index is 12.0. The Morgan fingerprint density at radius 2 is 1.97 bits per heavy atom. The van der Waals surface area contributed by atoms with Crippen molar-refractivity contribution in [2.45, 2.75) is 51.4 Å². The van der Waals surface area contributed by atoms with E-state index in [0.29, 0.717) is 12.1 Å². The third kappa shape index (κ3) is 6.03. The highest BCUT2D eigenvalue weighted by atomic mass is 16.6. The first-order valence-corrected chi connectivity index (χ1v) is 10.3. The summed E-state index contributed by atoms with van der Waals surface area (Å²) in [5, 5.41) is 19.7. The molecule has 0 saturated heterocycles. The van der Waals surface area contributed by atoms with Gasteiger partial charge >= 0.3 is 5.97 Å². The Balaban J connectivity index is 1.71. The standard InChI is InChI=1S/C25H27N3O3/c1-25(2,3)31-24(30)15-12-19(17-26)22-8-6-7-21(27-22)18-10-13-20(14-11-18)28-16-5-4-9-23(28)29/h4-11,13-14,16,19,23,29H,12,15H2,1-3H3. The van der Waals surface area contributed by atoms with Gasteiger partial charge < -0.3 is 14.7 Å². The minimum Gasteiger partial charge on any atom is -0.460 e. The predicted molar refractivity (Wildman–Crippen MR) is 120 cm³/mol. The van der Waals surface area contributed by atoms with Gasteiger partial charge in [0.15, 0.2) is 0 Å². The van der Waals surface area contributed by atoms with Gasteiger partial charge in [-0.15, -0.1) is 0 Å². The Kier molecular flexibility index (Phi) is 6.88. The molecule has 1 aromatic carbocycles. The van der Waals surface area contributed by atoms with Gasteiger partial charge in [-0.05, 0) is 63.6 Å². The normalized spacial score (nSPS) is 16.6. The summed E-state index contributed by atoms with van der Waals surface area (Å²) in [6.45, 7) is 5.46. The van der Waals surface area contributed by atoms with Gasteiger partial charge in [-0.25, -0.2) is 0 Å². The number of benzene rings is 1. The molecule has 0 saturated carbocycles. The van der Waals surface area contributed by atoms with Crippen LogP contribution in [0, 0.1) is 11.3 Å². The molecule has 0 radical (unpaired) electrons. The summed E-state index contributed by atoms with van der Waals surface area (Å²) in [6, 6.07) is 15.5. The van der Waals surface area contributed by atoms with Crippen molar-refractivity contribution in [2.24, 2.45) is 0 Å². The van der Waals surface area contributed by atoms with Crippen LogP contribution < -0.4 is 4.90 Å². The molecule has 31 heavy (non-hydrogen) atoms. The molecule has 0 bridgehead atoms. The quantitative estimate of drug-likeness (QED) is 0.687. The molecule has 6 heteroatoms. The summed E-state index contributed by atoms with van der Waals surface area (Å²) in [5.41, 5.74) is 2.60. The number of aliphatic hydroxyl groups excluding tert-OH is 1. The fourth-order valence-corrected chi connectivity index (χ4v) is 3.27. The van der Waals surface area contributed by atoms with E-state index >= 15 is 0 Å². The summed E-state index contributed by atoms with van der Waals surface area (Å²) >= 11 is 0. The van der Waals surface area contributed by atoms with Crippen LogP contribution in [0.15, 0.2) is 66.9 Å². The summed E-state index contributed by atoms with van der Waals surface area (Å²) in [7, 11) is 0. The third-order valence-electron chi connectivity index (χ3n) is 4.73. The molecule has 2 unspecified atom stereocenters. The SMILES string of the molecule is CC(C)(C)OC(=O)CCC(C#N)c1cccc(-c2ccc(N3C=CC=CC3O)cc2)n1. The first kappa shape index (κ1) is 22.3. The number of aromatic nitrogens is 1. The fourth-order valence-electron chi connectivity index (χ4n) is 3.27. The molecule has 1 aliphatic heterocycles. The molecule has 0 fully saturated rings. The lowest BCUT2D eigenvalue weighted by Crippen LogP contribution is -2.29. The number of ether oxygens (including phenoxy) is 1. The van der Waals surface area contributed by atoms with Gasteiger partial charge in [-0.1, -0.05) is 24.3 Å². The van der Waals surface area contributed by atoms with Crippen molar-refractivity contribution >= 4 is 11.7 Å². The molecule has 0 spiro atoms. The lowest BCUT2D eigenvalue weighted by Gasteiger charge is -2.26. The van der Waals surface area contributed by atoms with Crippen LogP contribution >= 0.6 is 0 Å². The van der Waals surface area contributed by atoms with E-state index in [4.69, 9.17) is 4.74 Å². The first-order valence-electron chi connectivity index (χ1n) is 10.3. The van der Waals surface area contributed by atoms with Crippen molar-refractivity contribution in [3.8, 4) is 17.3 Å². The zero-order chi connectivity index (χ0) is 22.4. The van der Waals surface area contributed by atoms with Gasteiger partial charge in [0.2, 0.25) is 0 Å². The van der Waals surface area contributed by atoms with Crippen molar-refractivity contribution in [2.75, 3.05) is 4.90 Å². The van der Waals surface area contributed by atoms with Gasteiger partial charge in [-0.3, -0.25) is 9.78 Å². The number of hydrogen-bond donors (Lipinski definition) is 1. The van der Waals surface area contributed by atoms with Crippen molar-refractivity contribution in [3.05, 3.63) is 72.6 Å². The third-order valence-corrected chi connectivity index (χ3v) is 4.73. The highest BCUT2D eigenvalue weighted by molar-refractivity contribution is 5.70. The van der Waals surface area contributed by atoms with Crippen molar-refractivity contribution in [1.29, 1.82) is 5.26 Å². The van der Waals surface area contributed by atoms with Crippen LogP contribution in [0.2, 0.25) is 0 Å². The molecule has 0 aliphatic carbocycles. The van der Waals surface area contributed by atoms with E-state index in [0.717, 1.165) is 16.9 Å². The summed E-state index contributed by atoms with van der Waals surface area (Å²) in [4.78, 5) is 18.4. The van der Waals surface area contributed by atoms with Crippen LogP contribution in [-0.4, -0.2) is 27.9 Å². The number of nitriles is 1. The Bertz CT molecular complexity index is 1010. The van der Waals surface area contributed by atoms with E-state index in [2.05, 4.69) is 11.1 Å². The number of pyridine rings is 1. The number of anilines is 1. The minimum absolute atomic E-state index is 0.163. The van der Waals surface area contributed by atoms with E-state index in [9.17, 15) is 15.2 Å². The Hall–Kier alpha value is -3.43. The Morgan fingerprint density at radius 3 is 2.61 bits per heavy atom. The summed E-state index contributed by atoms with van der Waals surface area (Å²) in [5.74, 6) is -0.810. The maximum atomic E-state index is 12.0. The zero-order valence-corrected chi connectivity index (χ0v) is 18.0. The number of carbonyl (C=O) groups is 1. The van der Waals surface area contributed by atoms with Crippen molar-refractivity contribution < 1.29 is 14.6 Å². The average Bonchev–Trinajstić information content (AvgIpc) is 2.74. The van der Waals surface area contributed by atoms with Crippen LogP contribution in [0.25, 0.3) is 11.3 Å². The number of nitrogens with zero attached hydrogens (tertiary/aromatic N) is 3. The largest absolute Gasteiger partial charge is 0.460 e. The van der Waals surface area contributed by atoms with Gasteiger partial charge in [0.25, 0.3) is 0 Å². The van der Waals surface area contributed by atoms with E-state index in [-0.39, 0.29) is 12.4 Å². The van der Waals surface area contributed by atoms with Crippen molar-refractivity contribution in [1.82, 2.24) is 4.98 Å². The second kappa shape index (κ2) is 9.59. The van der Waals surface area contributed by atoms with E-state index < -0.39 is 17.7 Å². The lowest BCUT2D eigenvalue weighted by atomic mass is 9.99. The smallest absolute Gasteiger partial charge is 0.306 e. The summed E-state index contributed by atoms with van der Waals surface area (Å²) in [6.07, 6.45) is 7.02. The average molecular weight is 418 g/mol. The van der Waals surface area contributed by atoms with Gasteiger partial charge in [0.05, 0.1) is 23.4 Å². The van der Waals surface area contributed by atoms with E-state index in [1.54, 1.807) is 17.1 Å². The van der Waals surface area contributed by atoms with Gasteiger partial charge in [-0.2, -0.15) is 5.26 Å². The van der Waals surface area contributed by atoms with Crippen LogP contribution in [0.1, 0.15) is 45.2 Å². The van der Waals surface area contributed by atoms with Crippen molar-refractivity contribution in [3.63, 3.8) is 0 Å². The maximum Gasteiger partial charge on any atom is 0.306 e. The van der Waals surface area contributed by atoms with Crippen LogP contribution in [0.4, 0.5) is 5.69 Å². The molecule has 0 amide bonds. The van der Waals surface area contributed by atoms with Gasteiger partial charge in [0.1, 0.15) is 11.8 Å². The first-order chi connectivity index (χ1) is 14.8. The Morgan fingerprint density at radius 1 is 1.23 bits per heavy atom. The van der Waals surface area contributed by atoms with Gasteiger partial charge in [0, 0.05) is 23.9 Å². The molecule has 1 aromatic heterocycles. The number of allylic oxidation sites excluding steroid dienone is 2. The van der Waals surface area contributed by atoms with Crippen LogP contribution in [0.3, 0.4) is 0 Å². The summed E-state index contributed by atoms with van der Waals surface area (Å²) < 4.78 is 5.33. The lowest BCUT2D eigenvalue weighted by molar-refractivity contribution is -0.154. The second-order valence-electron chi connectivity index (χ2n) is 8.35. The minimum atomic E-state index is -0.696. The van der Waals surface area contributed by atoms with Crippen LogP contribution in [0.5, 0.6) is 0 Å². The topological polar surface area (TPSA) is 86.5 Å². The zero-order valence-electron chi connectivity index (χ0n) is 18.0. The molecule has 1 N–H and O–H groups in total. The molecule has 2 heterocycles. The highest BCUT2D eigenvalue weighted by Crippen LogP contribution is 2.27.